The molecule has 7 nitrogen and oxygen atoms in total. The van der Waals surface area contributed by atoms with Gasteiger partial charge in [-0.25, -0.2) is 0 Å². The number of hydrogen-bond donors (Lipinski definition) is 3. The van der Waals surface area contributed by atoms with Crippen molar-refractivity contribution < 1.29 is 9.72 Å². The molecule has 110 valence electrons. The van der Waals surface area contributed by atoms with Crippen LogP contribution in [0.15, 0.2) is 35.7 Å². The Morgan fingerprint density at radius 2 is 2.19 bits per heavy atom. The normalized spacial score (nSPS) is 10.1. The van der Waals surface area contributed by atoms with Gasteiger partial charge in [0.15, 0.2) is 0 Å². The number of nitro groups is 1. The fourth-order valence-corrected chi connectivity index (χ4v) is 2.51. The Hall–Kier alpha value is -2.45. The molecule has 2 rings (SSSR count). The Kier molecular flexibility index (Phi) is 4.85. The molecule has 0 aliphatic rings. The van der Waals surface area contributed by atoms with Gasteiger partial charge >= 0.3 is 0 Å². The van der Waals surface area contributed by atoms with Crippen molar-refractivity contribution in [2.75, 3.05) is 12.0 Å². The van der Waals surface area contributed by atoms with Crippen molar-refractivity contribution in [2.24, 2.45) is 5.84 Å². The molecule has 0 aliphatic heterocycles. The fourth-order valence-electron chi connectivity index (χ4n) is 1.80. The Morgan fingerprint density at radius 3 is 2.81 bits per heavy atom. The zero-order valence-electron chi connectivity index (χ0n) is 11.0. The number of amides is 1. The van der Waals surface area contributed by atoms with Crippen LogP contribution in [0.1, 0.15) is 15.2 Å². The van der Waals surface area contributed by atoms with Gasteiger partial charge in [0.2, 0.25) is 0 Å². The Labute approximate surface area is 124 Å². The minimum Gasteiger partial charge on any atom is -0.352 e. The molecule has 1 aromatic heterocycles. The highest BCUT2D eigenvalue weighted by atomic mass is 32.1. The lowest BCUT2D eigenvalue weighted by Crippen LogP contribution is -2.25. The van der Waals surface area contributed by atoms with E-state index < -0.39 is 4.92 Å². The predicted molar refractivity (Wildman–Crippen MR) is 81.3 cm³/mol. The molecule has 0 saturated carbocycles. The smallest absolute Gasteiger partial charge is 0.294 e. The van der Waals surface area contributed by atoms with Crippen molar-refractivity contribution in [3.05, 3.63) is 56.3 Å². The Balaban J connectivity index is 2.01. The zero-order chi connectivity index (χ0) is 15.2. The number of nitrogens with zero attached hydrogens (tertiary/aromatic N) is 1. The van der Waals surface area contributed by atoms with E-state index >= 15 is 0 Å². The standard InChI is InChI=1S/C13H14N4O3S/c14-16-11-4-3-9(8-12(11)17(19)20)13(18)15-6-5-10-2-1-7-21-10/h1-4,7-8,16H,5-6,14H2,(H,15,18). The molecule has 0 unspecified atom stereocenters. The average Bonchev–Trinajstić information content (AvgIpc) is 2.99. The highest BCUT2D eigenvalue weighted by Crippen LogP contribution is 2.24. The molecule has 4 N–H and O–H groups in total. The summed E-state index contributed by atoms with van der Waals surface area (Å²) in [5.74, 6) is 4.85. The molecule has 8 heteroatoms. The molecule has 0 fully saturated rings. The van der Waals surface area contributed by atoms with Crippen LogP contribution >= 0.6 is 11.3 Å². The second-order valence-electron chi connectivity index (χ2n) is 4.22. The lowest BCUT2D eigenvalue weighted by Gasteiger charge is -2.06. The number of hydrogen-bond acceptors (Lipinski definition) is 6. The third-order valence-electron chi connectivity index (χ3n) is 2.85. The van der Waals surface area contributed by atoms with E-state index in [4.69, 9.17) is 5.84 Å². The van der Waals surface area contributed by atoms with Crippen molar-refractivity contribution >= 4 is 28.6 Å². The van der Waals surface area contributed by atoms with Gasteiger partial charge in [0.05, 0.1) is 4.92 Å². The lowest BCUT2D eigenvalue weighted by atomic mass is 10.1. The summed E-state index contributed by atoms with van der Waals surface area (Å²) < 4.78 is 0. The first-order valence-corrected chi connectivity index (χ1v) is 7.05. The van der Waals surface area contributed by atoms with E-state index in [-0.39, 0.29) is 22.8 Å². The first-order valence-electron chi connectivity index (χ1n) is 6.17. The van der Waals surface area contributed by atoms with Crippen molar-refractivity contribution in [3.8, 4) is 0 Å². The molecule has 0 atom stereocenters. The highest BCUT2D eigenvalue weighted by Gasteiger charge is 2.16. The number of benzene rings is 1. The van der Waals surface area contributed by atoms with Gasteiger partial charge in [-0.15, -0.1) is 11.3 Å². The number of rotatable bonds is 6. The minimum atomic E-state index is -0.586. The number of anilines is 1. The van der Waals surface area contributed by atoms with Crippen LogP contribution < -0.4 is 16.6 Å². The van der Waals surface area contributed by atoms with E-state index in [1.807, 2.05) is 17.5 Å². The second kappa shape index (κ2) is 6.82. The first kappa shape index (κ1) is 14.9. The Bertz CT molecular complexity index is 643. The number of carbonyl (C=O) groups is 1. The summed E-state index contributed by atoms with van der Waals surface area (Å²) in [6.07, 6.45) is 0.730. The highest BCUT2D eigenvalue weighted by molar-refractivity contribution is 7.09. The van der Waals surface area contributed by atoms with Crippen LogP contribution in [0.3, 0.4) is 0 Å². The summed E-state index contributed by atoms with van der Waals surface area (Å²) in [7, 11) is 0. The number of carbonyl (C=O) groups excluding carboxylic acids is 1. The van der Waals surface area contributed by atoms with E-state index in [0.717, 1.165) is 6.42 Å². The van der Waals surface area contributed by atoms with Gasteiger partial charge in [0.25, 0.3) is 11.6 Å². The van der Waals surface area contributed by atoms with Gasteiger partial charge in [-0.05, 0) is 30.0 Å². The van der Waals surface area contributed by atoms with Crippen molar-refractivity contribution in [1.29, 1.82) is 0 Å². The van der Waals surface area contributed by atoms with Crippen molar-refractivity contribution in [2.45, 2.75) is 6.42 Å². The van der Waals surface area contributed by atoms with Gasteiger partial charge < -0.3 is 10.7 Å². The largest absolute Gasteiger partial charge is 0.352 e. The minimum absolute atomic E-state index is 0.162. The Morgan fingerprint density at radius 1 is 1.38 bits per heavy atom. The quantitative estimate of drug-likeness (QED) is 0.429. The van der Waals surface area contributed by atoms with Crippen molar-refractivity contribution in [3.63, 3.8) is 0 Å². The monoisotopic (exact) mass is 306 g/mol. The number of nitrogens with one attached hydrogen (secondary N) is 2. The average molecular weight is 306 g/mol. The molecule has 0 saturated heterocycles. The molecule has 0 radical (unpaired) electrons. The van der Waals surface area contributed by atoms with Gasteiger partial charge in [0.1, 0.15) is 5.69 Å². The zero-order valence-corrected chi connectivity index (χ0v) is 11.9. The molecule has 21 heavy (non-hydrogen) atoms. The first-order chi connectivity index (χ1) is 10.1. The third kappa shape index (κ3) is 3.77. The van der Waals surface area contributed by atoms with Crippen LogP contribution in [0, 0.1) is 10.1 Å². The van der Waals surface area contributed by atoms with Crippen molar-refractivity contribution in [1.82, 2.24) is 5.32 Å². The van der Waals surface area contributed by atoms with Gasteiger partial charge in [-0.2, -0.15) is 0 Å². The SMILES string of the molecule is NNc1ccc(C(=O)NCCc2cccs2)cc1[N+](=O)[O-]. The van der Waals surface area contributed by atoms with Gasteiger partial charge in [-0.1, -0.05) is 6.07 Å². The van der Waals surface area contributed by atoms with Crippen LogP contribution in [0.5, 0.6) is 0 Å². The van der Waals surface area contributed by atoms with Crippen LogP contribution in [-0.4, -0.2) is 17.4 Å². The molecule has 0 spiro atoms. The molecule has 1 amide bonds. The van der Waals surface area contributed by atoms with E-state index in [9.17, 15) is 14.9 Å². The maximum absolute atomic E-state index is 12.0. The summed E-state index contributed by atoms with van der Waals surface area (Å²) in [5, 5.41) is 15.6. The van der Waals surface area contributed by atoms with E-state index in [1.54, 1.807) is 11.3 Å². The maximum atomic E-state index is 12.0. The topological polar surface area (TPSA) is 110 Å². The fraction of sp³-hybridized carbons (Fsp3) is 0.154. The maximum Gasteiger partial charge on any atom is 0.294 e. The predicted octanol–water partition coefficient (Wildman–Crippen LogP) is 1.91. The third-order valence-corrected chi connectivity index (χ3v) is 3.79. The summed E-state index contributed by atoms with van der Waals surface area (Å²) in [4.78, 5) is 23.5. The summed E-state index contributed by atoms with van der Waals surface area (Å²) in [6.45, 7) is 0.476. The molecular weight excluding hydrogens is 292 g/mol. The van der Waals surface area contributed by atoms with Crippen LogP contribution in [-0.2, 0) is 6.42 Å². The van der Waals surface area contributed by atoms with E-state index in [2.05, 4.69) is 10.7 Å². The number of nitrogen functional groups attached to an aromatic ring is 1. The molecule has 1 heterocycles. The number of nitrogens with two attached hydrogens (primary N) is 1. The summed E-state index contributed by atoms with van der Waals surface area (Å²) in [5.41, 5.74) is 2.39. The summed E-state index contributed by atoms with van der Waals surface area (Å²) in [6, 6.07) is 8.04. The van der Waals surface area contributed by atoms with Crippen LogP contribution in [0.4, 0.5) is 11.4 Å². The number of nitro benzene ring substituents is 1. The molecule has 0 aliphatic carbocycles. The van der Waals surface area contributed by atoms with Crippen LogP contribution in [0.2, 0.25) is 0 Å². The van der Waals surface area contributed by atoms with Crippen LogP contribution in [0.25, 0.3) is 0 Å². The second-order valence-corrected chi connectivity index (χ2v) is 5.25. The van der Waals surface area contributed by atoms with Gasteiger partial charge in [0, 0.05) is 23.1 Å². The molecule has 1 aromatic carbocycles. The molecule has 2 aromatic rings. The molecule has 0 bridgehead atoms. The van der Waals surface area contributed by atoms with E-state index in [1.165, 1.54) is 23.1 Å². The number of hydrazine groups is 1. The van der Waals surface area contributed by atoms with E-state index in [0.29, 0.717) is 6.54 Å². The summed E-state index contributed by atoms with van der Waals surface area (Å²) >= 11 is 1.62. The molecular formula is C13H14N4O3S. The number of thiophene rings is 1. The van der Waals surface area contributed by atoms with Gasteiger partial charge in [-0.3, -0.25) is 20.8 Å². The lowest BCUT2D eigenvalue weighted by molar-refractivity contribution is -0.384.